The van der Waals surface area contributed by atoms with Gasteiger partial charge >= 0.3 is 17.9 Å². The number of fused-ring (bicyclic) bond motifs is 6. The molecule has 10 aromatic rings. The van der Waals surface area contributed by atoms with Gasteiger partial charge < -0.3 is 4.74 Å². The van der Waals surface area contributed by atoms with E-state index in [0.29, 0.717) is 17.0 Å². The number of rotatable bonds is 7. The molecule has 0 saturated carbocycles. The molecule has 0 fully saturated rings. The van der Waals surface area contributed by atoms with Crippen LogP contribution in [0.1, 0.15) is 5.56 Å². The van der Waals surface area contributed by atoms with E-state index in [1.807, 2.05) is 78.9 Å². The molecular weight excluding hydrogens is 766 g/mol. The van der Waals surface area contributed by atoms with E-state index >= 15 is 0 Å². The molecule has 0 atom stereocenters. The summed E-state index contributed by atoms with van der Waals surface area (Å²) in [6, 6.07) is 67.0. The summed E-state index contributed by atoms with van der Waals surface area (Å²) in [6.45, 7) is 0. The van der Waals surface area contributed by atoms with Crippen molar-refractivity contribution in [1.29, 1.82) is 0 Å². The van der Waals surface area contributed by atoms with Gasteiger partial charge in [0.1, 0.15) is 17.3 Å². The van der Waals surface area contributed by atoms with Crippen LogP contribution in [0.15, 0.2) is 200 Å². The lowest BCUT2D eigenvalue weighted by Crippen LogP contribution is -2.07. The number of alkyl halides is 3. The minimum Gasteiger partial charge on any atom is -0.457 e. The van der Waals surface area contributed by atoms with Crippen LogP contribution in [0.25, 0.3) is 60.6 Å². The van der Waals surface area contributed by atoms with Crippen molar-refractivity contribution in [3.05, 3.63) is 206 Å². The van der Waals surface area contributed by atoms with Gasteiger partial charge in [-0.3, -0.25) is 4.57 Å². The molecule has 8 heteroatoms. The number of benzene rings is 8. The molecule has 0 aliphatic carbocycles. The summed E-state index contributed by atoms with van der Waals surface area (Å²) in [7, 11) is 0. The zero-order valence-electron chi connectivity index (χ0n) is 32.4. The Hall–Kier alpha value is -8.06. The van der Waals surface area contributed by atoms with Gasteiger partial charge in [-0.1, -0.05) is 109 Å². The quantitative estimate of drug-likeness (QED) is 0.150. The van der Waals surface area contributed by atoms with Crippen LogP contribution >= 0.6 is 0 Å². The molecule has 11 rings (SSSR count). The van der Waals surface area contributed by atoms with Gasteiger partial charge in [-0.2, -0.15) is 13.2 Å². The van der Waals surface area contributed by atoms with E-state index in [2.05, 4.69) is 123 Å². The summed E-state index contributed by atoms with van der Waals surface area (Å²) in [5, 5.41) is 3.96. The van der Waals surface area contributed by atoms with Crippen LogP contribution in [0, 0.1) is 0 Å². The highest BCUT2D eigenvalue weighted by molar-refractivity contribution is 6.10. The van der Waals surface area contributed by atoms with Gasteiger partial charge in [0.15, 0.2) is 0 Å². The van der Waals surface area contributed by atoms with Crippen LogP contribution < -0.4 is 13.9 Å². The van der Waals surface area contributed by atoms with Crippen molar-refractivity contribution < 1.29 is 17.9 Å². The number of para-hydroxylation sites is 2. The van der Waals surface area contributed by atoms with Crippen LogP contribution in [-0.4, -0.2) is 15.6 Å². The molecule has 1 aliphatic rings. The predicted molar refractivity (Wildman–Crippen MR) is 239 cm³/mol. The Labute approximate surface area is 348 Å². The third kappa shape index (κ3) is 6.25. The van der Waals surface area contributed by atoms with Crippen LogP contribution in [0.5, 0.6) is 11.5 Å². The molecule has 0 amide bonds. The minimum atomic E-state index is -4.51. The Morgan fingerprint density at radius 1 is 0.508 bits per heavy atom. The largest absolute Gasteiger partial charge is 0.503 e. The van der Waals surface area contributed by atoms with E-state index in [1.54, 1.807) is 4.57 Å². The first-order valence-electron chi connectivity index (χ1n) is 19.9. The van der Waals surface area contributed by atoms with Gasteiger partial charge in [0, 0.05) is 35.2 Å². The lowest BCUT2D eigenvalue weighted by atomic mass is 9.95. The average molecular weight is 799 g/mol. The molecular formula is C53H33F3N4O+2. The summed E-state index contributed by atoms with van der Waals surface area (Å²) < 4.78 is 54.2. The fourth-order valence-corrected chi connectivity index (χ4v) is 8.51. The van der Waals surface area contributed by atoms with Crippen LogP contribution in [-0.2, 0) is 6.18 Å². The molecule has 0 saturated heterocycles. The third-order valence-corrected chi connectivity index (χ3v) is 11.2. The second kappa shape index (κ2) is 14.3. The number of nitrogens with zero attached hydrogens (tertiary/aromatic N) is 4. The number of halogens is 3. The normalized spacial score (nSPS) is 12.4. The molecule has 0 radical (unpaired) electrons. The molecule has 1 aliphatic heterocycles. The zero-order chi connectivity index (χ0) is 41.1. The third-order valence-electron chi connectivity index (χ3n) is 11.2. The van der Waals surface area contributed by atoms with Crippen molar-refractivity contribution in [3.8, 4) is 39.6 Å². The predicted octanol–water partition coefficient (Wildman–Crippen LogP) is 14.3. The highest BCUT2D eigenvalue weighted by atomic mass is 19.4. The van der Waals surface area contributed by atoms with Gasteiger partial charge in [0.2, 0.25) is 11.4 Å². The van der Waals surface area contributed by atoms with Crippen LogP contribution in [0.3, 0.4) is 0 Å². The molecule has 0 spiro atoms. The highest BCUT2D eigenvalue weighted by Crippen LogP contribution is 2.47. The summed E-state index contributed by atoms with van der Waals surface area (Å²) in [5.41, 5.74) is 8.76. The maximum Gasteiger partial charge on any atom is 0.503 e. The summed E-state index contributed by atoms with van der Waals surface area (Å²) in [6.07, 6.45) is -3.32. The molecule has 0 bridgehead atoms. The van der Waals surface area contributed by atoms with Crippen molar-refractivity contribution in [2.45, 2.75) is 6.18 Å². The summed E-state index contributed by atoms with van der Waals surface area (Å²) in [4.78, 5) is 4.38. The zero-order valence-corrected chi connectivity index (χ0v) is 32.4. The maximum atomic E-state index is 13.9. The van der Waals surface area contributed by atoms with Gasteiger partial charge in [0.25, 0.3) is 5.69 Å². The van der Waals surface area contributed by atoms with Gasteiger partial charge in [-0.05, 0) is 86.3 Å². The van der Waals surface area contributed by atoms with Crippen molar-refractivity contribution in [3.63, 3.8) is 0 Å². The number of hydrogen-bond donors (Lipinski definition) is 0. The Morgan fingerprint density at radius 3 is 1.92 bits per heavy atom. The fourth-order valence-electron chi connectivity index (χ4n) is 8.51. The molecule has 3 heterocycles. The first-order valence-corrected chi connectivity index (χ1v) is 19.9. The van der Waals surface area contributed by atoms with E-state index in [1.165, 1.54) is 6.20 Å². The number of hydrogen-bond acceptors (Lipinski definition) is 2. The molecule has 0 unspecified atom stereocenters. The van der Waals surface area contributed by atoms with Gasteiger partial charge in [0.05, 0.1) is 39.2 Å². The first kappa shape index (κ1) is 36.1. The topological polar surface area (TPSA) is 33.1 Å². The lowest BCUT2D eigenvalue weighted by Gasteiger charge is -2.11. The van der Waals surface area contributed by atoms with E-state index in [4.69, 9.17) is 4.74 Å². The average Bonchev–Trinajstić information content (AvgIpc) is 3.85. The van der Waals surface area contributed by atoms with Crippen LogP contribution in [0.2, 0.25) is 0 Å². The summed E-state index contributed by atoms with van der Waals surface area (Å²) >= 11 is 0. The standard InChI is InChI=1S/C53H33F3N4O/c54-53(55,56)38-29-30-57-50(31-38)60-47-24-10-9-21-45(47)46-27-26-41(33-49(46)60)61-40-19-11-18-39(32-40)58-34-59(52-44-20-8-7-17-37(44)25-28-48(52)58)51-42(35-13-3-1-4-14-35)22-12-23-43(51)36-15-5-2-6-16-36/h1-33H/q+2. The minimum absolute atomic E-state index is 0.167. The monoisotopic (exact) mass is 798 g/mol. The number of ether oxygens (including phenoxy) is 1. The van der Waals surface area contributed by atoms with E-state index < -0.39 is 11.7 Å². The van der Waals surface area contributed by atoms with Gasteiger partial charge in [-0.25, -0.2) is 4.98 Å². The fraction of sp³-hybridized carbons (Fsp3) is 0.0189. The smallest absolute Gasteiger partial charge is 0.457 e. The Morgan fingerprint density at radius 2 is 1.16 bits per heavy atom. The van der Waals surface area contributed by atoms with Crippen molar-refractivity contribution >= 4 is 61.3 Å². The van der Waals surface area contributed by atoms with Crippen LogP contribution in [0.4, 0.5) is 35.9 Å². The molecule has 0 N–H and O–H groups in total. The summed E-state index contributed by atoms with van der Waals surface area (Å²) in [5.74, 6) is 1.27. The Bertz CT molecular complexity index is 3360. The molecule has 5 nitrogen and oxygen atoms in total. The van der Waals surface area contributed by atoms with E-state index in [9.17, 15) is 13.2 Å². The molecule has 290 valence electrons. The number of pyridine rings is 1. The SMILES string of the molecule is FC(F)(F)c1ccnc(-n2c3ccccc3c3ccc(Oc4cccc([N+]5=C=[N+](c6c(-c7ccccc7)cccc6-c6ccccc6)c6c5ccc5ccccc65)c4)cc32)c1. The first-order chi connectivity index (χ1) is 29.9. The Balaban J connectivity index is 1.07. The van der Waals surface area contributed by atoms with Crippen molar-refractivity contribution in [2.24, 2.45) is 0 Å². The van der Waals surface area contributed by atoms with E-state index in [0.717, 1.165) is 84.2 Å². The number of aromatic nitrogens is 2. The van der Waals surface area contributed by atoms with Gasteiger partial charge in [-0.15, -0.1) is 0 Å². The highest BCUT2D eigenvalue weighted by Gasteiger charge is 2.41. The van der Waals surface area contributed by atoms with Crippen molar-refractivity contribution in [2.75, 3.05) is 0 Å². The second-order valence-corrected chi connectivity index (χ2v) is 14.9. The lowest BCUT2D eigenvalue weighted by molar-refractivity contribution is -0.137. The second-order valence-electron chi connectivity index (χ2n) is 14.9. The molecule has 2 aromatic heterocycles. The molecule has 8 aromatic carbocycles. The van der Waals surface area contributed by atoms with E-state index in [-0.39, 0.29) is 5.82 Å². The molecule has 61 heavy (non-hydrogen) atoms. The maximum absolute atomic E-state index is 13.9. The Kier molecular flexibility index (Phi) is 8.48. The van der Waals surface area contributed by atoms with Crippen molar-refractivity contribution in [1.82, 2.24) is 18.7 Å².